The molecule has 0 aliphatic carbocycles. The summed E-state index contributed by atoms with van der Waals surface area (Å²) in [4.78, 5) is 22.9. The number of sulfone groups is 1. The number of carbonyl (C=O) groups is 2. The molecular weight excluding hydrogens is 318 g/mol. The van der Waals surface area contributed by atoms with Gasteiger partial charge in [-0.3, -0.25) is 9.59 Å². The number of carboxylic acid groups (broad SMARTS) is 1. The quantitative estimate of drug-likeness (QED) is 0.858. The van der Waals surface area contributed by atoms with Crippen molar-refractivity contribution in [2.45, 2.75) is 18.7 Å². The van der Waals surface area contributed by atoms with E-state index in [-0.39, 0.29) is 15.6 Å². The van der Waals surface area contributed by atoms with Gasteiger partial charge in [0.05, 0.1) is 21.5 Å². The van der Waals surface area contributed by atoms with Crippen molar-refractivity contribution in [3.05, 3.63) is 23.2 Å². The highest BCUT2D eigenvalue weighted by molar-refractivity contribution is 7.90. The van der Waals surface area contributed by atoms with Crippen LogP contribution >= 0.6 is 11.6 Å². The Hall–Kier alpha value is -1.60. The van der Waals surface area contributed by atoms with E-state index >= 15 is 0 Å². The Bertz CT molecular complexity index is 671. The highest BCUT2D eigenvalue weighted by Crippen LogP contribution is 2.26. The van der Waals surface area contributed by atoms with E-state index in [1.807, 2.05) is 0 Å². The summed E-state index contributed by atoms with van der Waals surface area (Å²) in [5.74, 6) is -3.30. The lowest BCUT2D eigenvalue weighted by atomic mass is 9.95. The van der Waals surface area contributed by atoms with Crippen LogP contribution in [-0.4, -0.2) is 31.7 Å². The minimum Gasteiger partial charge on any atom is -0.481 e. The van der Waals surface area contributed by atoms with E-state index in [4.69, 9.17) is 16.7 Å². The molecule has 0 bridgehead atoms. The van der Waals surface area contributed by atoms with Crippen molar-refractivity contribution in [2.24, 2.45) is 11.8 Å². The number of anilines is 1. The van der Waals surface area contributed by atoms with Crippen molar-refractivity contribution in [1.82, 2.24) is 0 Å². The summed E-state index contributed by atoms with van der Waals surface area (Å²) in [5, 5.41) is 11.5. The lowest BCUT2D eigenvalue weighted by Crippen LogP contribution is -2.30. The number of aliphatic carboxylic acids is 1. The van der Waals surface area contributed by atoms with Crippen molar-refractivity contribution in [3.63, 3.8) is 0 Å². The van der Waals surface area contributed by atoms with Gasteiger partial charge in [-0.05, 0) is 18.2 Å². The normalized spacial score (nSPS) is 14.3. The fourth-order valence-electron chi connectivity index (χ4n) is 1.52. The number of carbonyl (C=O) groups excluding carboxylic acids is 1. The fraction of sp³-hybridized carbons (Fsp3) is 0.385. The van der Waals surface area contributed by atoms with Gasteiger partial charge in [0.25, 0.3) is 0 Å². The lowest BCUT2D eigenvalue weighted by molar-refractivity contribution is -0.145. The molecule has 2 unspecified atom stereocenters. The first-order valence-electron chi connectivity index (χ1n) is 6.07. The van der Waals surface area contributed by atoms with Crippen molar-refractivity contribution < 1.29 is 23.1 Å². The first-order valence-corrected chi connectivity index (χ1v) is 8.34. The zero-order chi connectivity index (χ0) is 16.4. The predicted octanol–water partition coefficient (Wildman–Crippen LogP) is 2.04. The minimum absolute atomic E-state index is 0.0149. The third-order valence-corrected chi connectivity index (χ3v) is 4.62. The molecule has 0 aliphatic heterocycles. The van der Waals surface area contributed by atoms with Crippen molar-refractivity contribution in [3.8, 4) is 0 Å². The van der Waals surface area contributed by atoms with E-state index in [9.17, 15) is 18.0 Å². The molecular formula is C13H16ClNO5S. The lowest BCUT2D eigenvalue weighted by Gasteiger charge is -2.16. The van der Waals surface area contributed by atoms with E-state index in [1.165, 1.54) is 32.0 Å². The summed E-state index contributed by atoms with van der Waals surface area (Å²) in [6.45, 7) is 2.89. The number of hydrogen-bond acceptors (Lipinski definition) is 4. The topological polar surface area (TPSA) is 101 Å². The van der Waals surface area contributed by atoms with Crippen LogP contribution in [0.3, 0.4) is 0 Å². The molecule has 0 aromatic heterocycles. The molecule has 21 heavy (non-hydrogen) atoms. The van der Waals surface area contributed by atoms with Crippen LogP contribution in [0.1, 0.15) is 13.8 Å². The predicted molar refractivity (Wildman–Crippen MR) is 79.2 cm³/mol. The summed E-state index contributed by atoms with van der Waals surface area (Å²) in [7, 11) is -3.43. The molecule has 0 heterocycles. The largest absolute Gasteiger partial charge is 0.481 e. The van der Waals surface area contributed by atoms with E-state index < -0.39 is 33.5 Å². The number of halogens is 1. The first kappa shape index (κ1) is 17.5. The Morgan fingerprint density at radius 2 is 1.81 bits per heavy atom. The van der Waals surface area contributed by atoms with Gasteiger partial charge in [-0.15, -0.1) is 0 Å². The van der Waals surface area contributed by atoms with Gasteiger partial charge < -0.3 is 10.4 Å². The van der Waals surface area contributed by atoms with Gasteiger partial charge >= 0.3 is 5.97 Å². The standard InChI is InChI=1S/C13H16ClNO5S/c1-7(8(2)13(17)18)12(16)15-11-6-9(21(3,19)20)4-5-10(11)14/h4-8H,1-3H3,(H,15,16)(H,17,18). The maximum Gasteiger partial charge on any atom is 0.307 e. The maximum atomic E-state index is 12.0. The summed E-state index contributed by atoms with van der Waals surface area (Å²) in [6.07, 6.45) is 1.04. The molecule has 0 radical (unpaired) electrons. The van der Waals surface area contributed by atoms with Crippen molar-refractivity contribution >= 4 is 39.0 Å². The highest BCUT2D eigenvalue weighted by Gasteiger charge is 2.26. The molecule has 8 heteroatoms. The highest BCUT2D eigenvalue weighted by atomic mass is 35.5. The van der Waals surface area contributed by atoms with Crippen LogP contribution in [0, 0.1) is 11.8 Å². The smallest absolute Gasteiger partial charge is 0.307 e. The second-order valence-electron chi connectivity index (χ2n) is 4.82. The van der Waals surface area contributed by atoms with Gasteiger partial charge in [0.1, 0.15) is 0 Å². The molecule has 0 spiro atoms. The number of rotatable bonds is 5. The Balaban J connectivity index is 3.03. The van der Waals surface area contributed by atoms with Crippen LogP contribution in [0.2, 0.25) is 5.02 Å². The number of carboxylic acids is 1. The Morgan fingerprint density at radius 3 is 2.29 bits per heavy atom. The van der Waals surface area contributed by atoms with E-state index in [0.29, 0.717) is 0 Å². The third-order valence-electron chi connectivity index (χ3n) is 3.18. The monoisotopic (exact) mass is 333 g/mol. The van der Waals surface area contributed by atoms with Gasteiger partial charge in [0, 0.05) is 12.2 Å². The van der Waals surface area contributed by atoms with Crippen LogP contribution in [0.5, 0.6) is 0 Å². The van der Waals surface area contributed by atoms with Crippen LogP contribution in [-0.2, 0) is 19.4 Å². The molecule has 0 fully saturated rings. The first-order chi connectivity index (χ1) is 9.54. The second kappa shape index (κ2) is 6.44. The average molecular weight is 334 g/mol. The second-order valence-corrected chi connectivity index (χ2v) is 7.24. The van der Waals surface area contributed by atoms with Gasteiger partial charge in [-0.2, -0.15) is 0 Å². The van der Waals surface area contributed by atoms with Gasteiger partial charge in [0.2, 0.25) is 5.91 Å². The molecule has 0 saturated heterocycles. The number of amides is 1. The van der Waals surface area contributed by atoms with Gasteiger partial charge in [-0.1, -0.05) is 25.4 Å². The zero-order valence-electron chi connectivity index (χ0n) is 11.8. The molecule has 0 aliphatic rings. The molecule has 1 aromatic rings. The van der Waals surface area contributed by atoms with Crippen LogP contribution in [0.15, 0.2) is 23.1 Å². The van der Waals surface area contributed by atoms with Crippen LogP contribution in [0.25, 0.3) is 0 Å². The summed E-state index contributed by atoms with van der Waals surface area (Å²) in [5.41, 5.74) is 0.133. The molecule has 2 N–H and O–H groups in total. The minimum atomic E-state index is -3.43. The molecule has 1 rings (SSSR count). The van der Waals surface area contributed by atoms with E-state index in [0.717, 1.165) is 6.26 Å². The summed E-state index contributed by atoms with van der Waals surface area (Å²) in [6, 6.07) is 3.93. The summed E-state index contributed by atoms with van der Waals surface area (Å²) < 4.78 is 23.0. The number of benzene rings is 1. The van der Waals surface area contributed by atoms with Gasteiger partial charge in [-0.25, -0.2) is 8.42 Å². The number of nitrogens with one attached hydrogen (secondary N) is 1. The van der Waals surface area contributed by atoms with Crippen LogP contribution in [0.4, 0.5) is 5.69 Å². The molecule has 2 atom stereocenters. The van der Waals surface area contributed by atoms with Crippen LogP contribution < -0.4 is 5.32 Å². The van der Waals surface area contributed by atoms with E-state index in [2.05, 4.69) is 5.32 Å². The van der Waals surface area contributed by atoms with Crippen molar-refractivity contribution in [2.75, 3.05) is 11.6 Å². The zero-order valence-corrected chi connectivity index (χ0v) is 13.3. The van der Waals surface area contributed by atoms with Crippen molar-refractivity contribution in [1.29, 1.82) is 0 Å². The molecule has 0 saturated carbocycles. The van der Waals surface area contributed by atoms with Gasteiger partial charge in [0.15, 0.2) is 9.84 Å². The maximum absolute atomic E-state index is 12.0. The molecule has 1 amide bonds. The molecule has 116 valence electrons. The SMILES string of the molecule is CC(C(=O)O)C(C)C(=O)Nc1cc(S(C)(=O)=O)ccc1Cl. The summed E-state index contributed by atoms with van der Waals surface area (Å²) >= 11 is 5.91. The molecule has 1 aromatic carbocycles. The molecule has 6 nitrogen and oxygen atoms in total. The average Bonchev–Trinajstić information content (AvgIpc) is 2.37. The Kier molecular flexibility index (Phi) is 5.36. The van der Waals surface area contributed by atoms with E-state index in [1.54, 1.807) is 0 Å². The Morgan fingerprint density at radius 1 is 1.24 bits per heavy atom. The fourth-order valence-corrected chi connectivity index (χ4v) is 2.33. The Labute approximate surface area is 128 Å². The third kappa shape index (κ3) is 4.44. The number of hydrogen-bond donors (Lipinski definition) is 2.